The highest BCUT2D eigenvalue weighted by atomic mass is 16.5. The van der Waals surface area contributed by atoms with Gasteiger partial charge in [0.05, 0.1) is 19.2 Å². The molecule has 2 saturated carbocycles. The molecule has 5 unspecified atom stereocenters. The number of hydrogen-bond acceptors (Lipinski definition) is 3. The zero-order valence-corrected chi connectivity index (χ0v) is 17.7. The molecule has 5 rings (SSSR count). The van der Waals surface area contributed by atoms with Crippen LogP contribution in [0.3, 0.4) is 0 Å². The average Bonchev–Trinajstić information content (AvgIpc) is 3.49. The van der Waals surface area contributed by atoms with Gasteiger partial charge in [-0.25, -0.2) is 4.79 Å². The van der Waals surface area contributed by atoms with Gasteiger partial charge in [0.15, 0.2) is 11.5 Å². The molecule has 1 saturated heterocycles. The molecule has 3 fully saturated rings. The van der Waals surface area contributed by atoms with Crippen molar-refractivity contribution in [3.63, 3.8) is 0 Å². The quantitative estimate of drug-likeness (QED) is 0.727. The molecule has 1 N–H and O–H groups in total. The Morgan fingerprint density at radius 1 is 1.07 bits per heavy atom. The van der Waals surface area contributed by atoms with Crippen LogP contribution in [0, 0.1) is 11.8 Å². The van der Waals surface area contributed by atoms with Crippen LogP contribution in [0.25, 0.3) is 0 Å². The summed E-state index contributed by atoms with van der Waals surface area (Å²) in [6, 6.07) is 16.2. The summed E-state index contributed by atoms with van der Waals surface area (Å²) < 4.78 is 12.1. The number of nitrogens with one attached hydrogen (secondary N) is 1. The first-order valence-electron chi connectivity index (χ1n) is 11.1. The summed E-state index contributed by atoms with van der Waals surface area (Å²) in [5, 5.41) is 3.03. The van der Waals surface area contributed by atoms with Gasteiger partial charge in [-0.2, -0.15) is 0 Å². The van der Waals surface area contributed by atoms with E-state index in [-0.39, 0.29) is 24.2 Å². The van der Waals surface area contributed by atoms with Crippen LogP contribution in [0.15, 0.2) is 48.5 Å². The van der Waals surface area contributed by atoms with Crippen LogP contribution in [0.1, 0.15) is 55.8 Å². The number of fused-ring (bicyclic) bond motifs is 2. The van der Waals surface area contributed by atoms with E-state index >= 15 is 0 Å². The third-order valence-electron chi connectivity index (χ3n) is 7.24. The average molecular weight is 407 g/mol. The standard InChI is InChI=1S/C25H30N2O3/c1-16(18-6-4-3-5-7-18)27-21(15-26-25(27)28)19-10-11-22(29-2)24(14-19)30-23-13-17-8-9-20(23)12-17/h3-7,10-11,14,16-17,20-21,23H,8-9,12-13,15H2,1-2H3,(H,26,28). The van der Waals surface area contributed by atoms with Crippen molar-refractivity contribution in [2.24, 2.45) is 11.8 Å². The predicted molar refractivity (Wildman–Crippen MR) is 116 cm³/mol. The Morgan fingerprint density at radius 2 is 1.90 bits per heavy atom. The van der Waals surface area contributed by atoms with Crippen molar-refractivity contribution in [2.45, 2.75) is 50.8 Å². The Morgan fingerprint density at radius 3 is 2.60 bits per heavy atom. The molecule has 0 aromatic heterocycles. The van der Waals surface area contributed by atoms with Crippen LogP contribution in [0.4, 0.5) is 4.79 Å². The zero-order valence-electron chi connectivity index (χ0n) is 17.7. The van der Waals surface area contributed by atoms with Crippen LogP contribution < -0.4 is 14.8 Å². The lowest BCUT2D eigenvalue weighted by Crippen LogP contribution is -2.32. The second-order valence-corrected chi connectivity index (χ2v) is 8.94. The van der Waals surface area contributed by atoms with Gasteiger partial charge in [-0.1, -0.05) is 36.4 Å². The number of ether oxygens (including phenoxy) is 2. The van der Waals surface area contributed by atoms with Crippen LogP contribution in [-0.4, -0.2) is 30.7 Å². The second kappa shape index (κ2) is 7.86. The highest BCUT2D eigenvalue weighted by Crippen LogP contribution is 2.47. The molecule has 5 heteroatoms. The van der Waals surface area contributed by atoms with Gasteiger partial charge in [-0.15, -0.1) is 0 Å². The fraction of sp³-hybridized carbons (Fsp3) is 0.480. The predicted octanol–water partition coefficient (Wildman–Crippen LogP) is 5.09. The van der Waals surface area contributed by atoms with E-state index in [0.717, 1.165) is 35.0 Å². The van der Waals surface area contributed by atoms with Gasteiger partial charge < -0.3 is 19.7 Å². The Kier molecular flexibility index (Phi) is 5.05. The summed E-state index contributed by atoms with van der Waals surface area (Å²) in [6.45, 7) is 2.68. The molecule has 2 amide bonds. The minimum atomic E-state index is -0.0407. The fourth-order valence-electron chi connectivity index (χ4n) is 5.62. The smallest absolute Gasteiger partial charge is 0.318 e. The molecule has 5 atom stereocenters. The third-order valence-corrected chi connectivity index (χ3v) is 7.24. The first-order valence-corrected chi connectivity index (χ1v) is 11.1. The van der Waals surface area contributed by atoms with E-state index in [2.05, 4.69) is 36.5 Å². The van der Waals surface area contributed by atoms with Gasteiger partial charge in [0, 0.05) is 6.54 Å². The Balaban J connectivity index is 1.42. The number of methoxy groups -OCH3 is 1. The maximum Gasteiger partial charge on any atom is 0.318 e. The van der Waals surface area contributed by atoms with Gasteiger partial charge in [-0.3, -0.25) is 0 Å². The highest BCUT2D eigenvalue weighted by Gasteiger charge is 2.41. The normalized spacial score (nSPS) is 28.5. The maximum absolute atomic E-state index is 12.7. The number of nitrogens with zero attached hydrogens (tertiary/aromatic N) is 1. The maximum atomic E-state index is 12.7. The molecule has 0 radical (unpaired) electrons. The van der Waals surface area contributed by atoms with Crippen molar-refractivity contribution in [2.75, 3.05) is 13.7 Å². The van der Waals surface area contributed by atoms with Gasteiger partial charge in [0.1, 0.15) is 6.10 Å². The SMILES string of the molecule is COc1ccc(C2CNC(=O)N2C(C)c2ccccc2)cc1OC1CC2CCC1C2. The molecule has 0 spiro atoms. The van der Waals surface area contributed by atoms with Gasteiger partial charge in [-0.05, 0) is 67.7 Å². The van der Waals surface area contributed by atoms with Crippen molar-refractivity contribution in [3.05, 3.63) is 59.7 Å². The van der Waals surface area contributed by atoms with E-state index in [4.69, 9.17) is 9.47 Å². The van der Waals surface area contributed by atoms with Crippen molar-refractivity contribution >= 4 is 6.03 Å². The number of benzene rings is 2. The summed E-state index contributed by atoms with van der Waals surface area (Å²) in [7, 11) is 1.69. The summed E-state index contributed by atoms with van der Waals surface area (Å²) in [5.41, 5.74) is 2.21. The van der Waals surface area contributed by atoms with Crippen LogP contribution in [-0.2, 0) is 0 Å². The third kappa shape index (κ3) is 3.40. The van der Waals surface area contributed by atoms with E-state index in [1.54, 1.807) is 7.11 Å². The number of urea groups is 1. The molecule has 1 aliphatic heterocycles. The topological polar surface area (TPSA) is 50.8 Å². The van der Waals surface area contributed by atoms with E-state index < -0.39 is 0 Å². The molecule has 3 aliphatic rings. The minimum absolute atomic E-state index is 0.0178. The number of hydrogen-bond donors (Lipinski definition) is 1. The van der Waals surface area contributed by atoms with Crippen molar-refractivity contribution in [3.8, 4) is 11.5 Å². The molecular weight excluding hydrogens is 376 g/mol. The summed E-state index contributed by atoms with van der Waals surface area (Å²) >= 11 is 0. The Labute approximate surface area is 178 Å². The zero-order chi connectivity index (χ0) is 20.7. The molecule has 2 aromatic carbocycles. The number of rotatable bonds is 6. The van der Waals surface area contributed by atoms with Crippen molar-refractivity contribution < 1.29 is 14.3 Å². The fourth-order valence-corrected chi connectivity index (χ4v) is 5.62. The van der Waals surface area contributed by atoms with Gasteiger partial charge >= 0.3 is 6.03 Å². The van der Waals surface area contributed by atoms with Gasteiger partial charge in [0.25, 0.3) is 0 Å². The van der Waals surface area contributed by atoms with E-state index in [0.29, 0.717) is 12.5 Å². The Hall–Kier alpha value is -2.69. The molecule has 5 nitrogen and oxygen atoms in total. The first kappa shape index (κ1) is 19.3. The molecule has 1 heterocycles. The molecule has 2 aliphatic carbocycles. The Bertz CT molecular complexity index is 916. The summed E-state index contributed by atoms with van der Waals surface area (Å²) in [5.74, 6) is 3.07. The van der Waals surface area contributed by atoms with Crippen molar-refractivity contribution in [1.82, 2.24) is 10.2 Å². The molecule has 2 aromatic rings. The lowest BCUT2D eigenvalue weighted by molar-refractivity contribution is 0.133. The summed E-state index contributed by atoms with van der Waals surface area (Å²) in [6.07, 6.45) is 5.37. The largest absolute Gasteiger partial charge is 0.493 e. The molecule has 30 heavy (non-hydrogen) atoms. The van der Waals surface area contributed by atoms with Crippen molar-refractivity contribution in [1.29, 1.82) is 0 Å². The lowest BCUT2D eigenvalue weighted by atomic mass is 9.97. The van der Waals surface area contributed by atoms with E-state index in [9.17, 15) is 4.79 Å². The summed E-state index contributed by atoms with van der Waals surface area (Å²) in [4.78, 5) is 14.6. The monoisotopic (exact) mass is 406 g/mol. The molecule has 2 bridgehead atoms. The molecule has 158 valence electrons. The lowest BCUT2D eigenvalue weighted by Gasteiger charge is -2.31. The van der Waals surface area contributed by atoms with Gasteiger partial charge in [0.2, 0.25) is 0 Å². The van der Waals surface area contributed by atoms with E-state index in [1.165, 1.54) is 19.3 Å². The first-order chi connectivity index (χ1) is 14.6. The number of amides is 2. The van der Waals surface area contributed by atoms with Crippen LogP contribution >= 0.6 is 0 Å². The molecular formula is C25H30N2O3. The number of carbonyl (C=O) groups excluding carboxylic acids is 1. The number of carbonyl (C=O) groups is 1. The van der Waals surface area contributed by atoms with Crippen LogP contribution in [0.5, 0.6) is 11.5 Å². The van der Waals surface area contributed by atoms with Crippen LogP contribution in [0.2, 0.25) is 0 Å². The second-order valence-electron chi connectivity index (χ2n) is 8.94. The highest BCUT2D eigenvalue weighted by molar-refractivity contribution is 5.78. The van der Waals surface area contributed by atoms with E-state index in [1.807, 2.05) is 29.2 Å². The minimum Gasteiger partial charge on any atom is -0.493 e.